The molecule has 0 aliphatic rings. The number of fused-ring (bicyclic) bond motifs is 6. The first-order chi connectivity index (χ1) is 38.5. The average molecular weight is 1000 g/mol. The quantitative estimate of drug-likeness (QED) is 0.0840. The number of aromatic amines is 6. The number of hydrogen-bond acceptors (Lipinski definition) is 6. The zero-order chi connectivity index (χ0) is 51.3. The van der Waals surface area contributed by atoms with E-state index in [0.717, 1.165) is 168 Å². The summed E-state index contributed by atoms with van der Waals surface area (Å²) in [5, 5.41) is 0. The Morgan fingerprint density at radius 3 is 0.474 bits per heavy atom. The number of rotatable bonds is 9. The van der Waals surface area contributed by atoms with Gasteiger partial charge >= 0.3 is 0 Å². The van der Waals surface area contributed by atoms with Crippen LogP contribution in [0.15, 0.2) is 218 Å². The average Bonchev–Trinajstić information content (AvgIpc) is 4.39. The first kappa shape index (κ1) is 43.4. The number of imidazole rings is 6. The van der Waals surface area contributed by atoms with Gasteiger partial charge in [0.2, 0.25) is 0 Å². The molecule has 16 rings (SSSR count). The molecule has 6 aromatic heterocycles. The van der Waals surface area contributed by atoms with Crippen molar-refractivity contribution in [2.75, 3.05) is 0 Å². The van der Waals surface area contributed by atoms with E-state index < -0.39 is 0 Å². The second-order valence-electron chi connectivity index (χ2n) is 19.8. The van der Waals surface area contributed by atoms with Crippen molar-refractivity contribution in [1.29, 1.82) is 0 Å². The topological polar surface area (TPSA) is 172 Å². The van der Waals surface area contributed by atoms with Crippen LogP contribution in [-0.2, 0) is 0 Å². The standard InChI is InChI=1S/C66H42N12/c1-2-14-50-49(13-1)67-61(68-50)43-28-40(29-44(34-43)62-69-51-15-3-4-16-52(51)70-62)37-25-38(41-30-45(63-71-53-17-5-6-18-54(53)72-63)35-46(31-41)64-73-55-19-7-8-20-56(55)74-64)27-39(26-37)42-32-47(65-75-57-21-9-10-22-58(57)76-65)36-48(33-42)66-77-59-23-11-12-24-60(59)78-66/h1-36H,(H,67,68)(H,69,70)(H,71,72)(H,73,74)(H,75,76)(H,77,78). The lowest BCUT2D eigenvalue weighted by Crippen LogP contribution is -1.93. The van der Waals surface area contributed by atoms with Crippen LogP contribution in [0.2, 0.25) is 0 Å². The molecule has 0 spiro atoms. The molecule has 0 unspecified atom stereocenters. The summed E-state index contributed by atoms with van der Waals surface area (Å²) in [6.45, 7) is 0. The molecule has 12 heteroatoms. The van der Waals surface area contributed by atoms with Gasteiger partial charge in [0.05, 0.1) is 66.2 Å². The molecule has 0 radical (unpaired) electrons. The van der Waals surface area contributed by atoms with Crippen molar-refractivity contribution >= 4 is 66.2 Å². The molecule has 16 aromatic rings. The van der Waals surface area contributed by atoms with Crippen LogP contribution in [0.25, 0.3) is 168 Å². The fourth-order valence-electron chi connectivity index (χ4n) is 10.9. The van der Waals surface area contributed by atoms with Gasteiger partial charge in [0.1, 0.15) is 34.9 Å². The van der Waals surface area contributed by atoms with Gasteiger partial charge in [-0.3, -0.25) is 0 Å². The number of hydrogen-bond donors (Lipinski definition) is 6. The minimum Gasteiger partial charge on any atom is -0.338 e. The molecule has 0 saturated carbocycles. The van der Waals surface area contributed by atoms with Gasteiger partial charge in [0.15, 0.2) is 0 Å². The number of para-hydroxylation sites is 12. The van der Waals surface area contributed by atoms with Crippen LogP contribution in [-0.4, -0.2) is 59.8 Å². The lowest BCUT2D eigenvalue weighted by atomic mass is 9.89. The molecule has 366 valence electrons. The van der Waals surface area contributed by atoms with Gasteiger partial charge in [0, 0.05) is 33.4 Å². The second-order valence-corrected chi connectivity index (χ2v) is 19.8. The molecule has 0 fully saturated rings. The Morgan fingerprint density at radius 1 is 0.167 bits per heavy atom. The number of benzene rings is 10. The van der Waals surface area contributed by atoms with Gasteiger partial charge in [-0.2, -0.15) is 0 Å². The summed E-state index contributed by atoms with van der Waals surface area (Å²) in [4.78, 5) is 52.4. The van der Waals surface area contributed by atoms with Crippen molar-refractivity contribution in [1.82, 2.24) is 59.8 Å². The van der Waals surface area contributed by atoms with E-state index in [2.05, 4.69) is 139 Å². The van der Waals surface area contributed by atoms with Crippen molar-refractivity contribution in [2.24, 2.45) is 0 Å². The summed E-state index contributed by atoms with van der Waals surface area (Å²) < 4.78 is 0. The molecule has 0 bridgehead atoms. The van der Waals surface area contributed by atoms with Gasteiger partial charge in [0.25, 0.3) is 0 Å². The summed E-state index contributed by atoms with van der Waals surface area (Å²) >= 11 is 0. The third kappa shape index (κ3) is 7.62. The predicted octanol–water partition coefficient (Wildman–Crippen LogP) is 15.9. The van der Waals surface area contributed by atoms with Gasteiger partial charge in [-0.1, -0.05) is 72.8 Å². The van der Waals surface area contributed by atoms with Crippen LogP contribution in [0.1, 0.15) is 0 Å². The Hall–Kier alpha value is -11.0. The third-order valence-corrected chi connectivity index (χ3v) is 14.7. The van der Waals surface area contributed by atoms with Gasteiger partial charge < -0.3 is 29.9 Å². The Bertz CT molecular complexity index is 4040. The smallest absolute Gasteiger partial charge is 0.138 e. The highest BCUT2D eigenvalue weighted by molar-refractivity contribution is 5.93. The highest BCUT2D eigenvalue weighted by Crippen LogP contribution is 2.41. The normalized spacial score (nSPS) is 11.8. The molecule has 0 aliphatic carbocycles. The maximum Gasteiger partial charge on any atom is 0.138 e. The number of nitrogens with zero attached hydrogens (tertiary/aromatic N) is 6. The van der Waals surface area contributed by atoms with Gasteiger partial charge in [-0.05, 0) is 179 Å². The molecule has 10 aromatic carbocycles. The number of aromatic nitrogens is 12. The number of H-pyrrole nitrogens is 6. The summed E-state index contributed by atoms with van der Waals surface area (Å²) in [6, 6.07) is 75.5. The van der Waals surface area contributed by atoms with Crippen molar-refractivity contribution in [3.05, 3.63) is 218 Å². The third-order valence-electron chi connectivity index (χ3n) is 14.7. The molecular weight excluding hydrogens is 961 g/mol. The van der Waals surface area contributed by atoms with E-state index in [0.29, 0.717) is 0 Å². The first-order valence-electron chi connectivity index (χ1n) is 25.8. The Kier molecular flexibility index (Phi) is 9.63. The van der Waals surface area contributed by atoms with Gasteiger partial charge in [-0.25, -0.2) is 29.9 Å². The molecule has 0 atom stereocenters. The summed E-state index contributed by atoms with van der Waals surface area (Å²) in [7, 11) is 0. The van der Waals surface area contributed by atoms with Gasteiger partial charge in [-0.15, -0.1) is 0 Å². The van der Waals surface area contributed by atoms with E-state index in [1.807, 2.05) is 109 Å². The van der Waals surface area contributed by atoms with E-state index in [9.17, 15) is 0 Å². The molecule has 12 nitrogen and oxygen atoms in total. The van der Waals surface area contributed by atoms with E-state index in [1.54, 1.807) is 0 Å². The second kappa shape index (κ2) is 17.3. The van der Waals surface area contributed by atoms with Crippen LogP contribution >= 0.6 is 0 Å². The highest BCUT2D eigenvalue weighted by Gasteiger charge is 2.20. The maximum absolute atomic E-state index is 5.12. The van der Waals surface area contributed by atoms with Crippen LogP contribution in [0.5, 0.6) is 0 Å². The van der Waals surface area contributed by atoms with E-state index >= 15 is 0 Å². The van der Waals surface area contributed by atoms with Crippen molar-refractivity contribution < 1.29 is 0 Å². The Labute approximate surface area is 444 Å². The fraction of sp³-hybridized carbons (Fsp3) is 0. The van der Waals surface area contributed by atoms with Crippen LogP contribution < -0.4 is 0 Å². The van der Waals surface area contributed by atoms with Crippen molar-refractivity contribution in [3.8, 4) is 102 Å². The van der Waals surface area contributed by atoms with Crippen LogP contribution in [0.3, 0.4) is 0 Å². The van der Waals surface area contributed by atoms with E-state index in [4.69, 9.17) is 29.9 Å². The van der Waals surface area contributed by atoms with Crippen LogP contribution in [0, 0.1) is 0 Å². The minimum atomic E-state index is 0.759. The zero-order valence-corrected chi connectivity index (χ0v) is 41.5. The fourth-order valence-corrected chi connectivity index (χ4v) is 10.9. The summed E-state index contributed by atoms with van der Waals surface area (Å²) in [5.74, 6) is 4.55. The lowest BCUT2D eigenvalue weighted by molar-refractivity contribution is 1.31. The lowest BCUT2D eigenvalue weighted by Gasteiger charge is -2.15. The molecule has 78 heavy (non-hydrogen) atoms. The summed E-state index contributed by atoms with van der Waals surface area (Å²) in [5.41, 5.74) is 22.5. The number of nitrogens with one attached hydrogen (secondary N) is 6. The molecule has 6 heterocycles. The Morgan fingerprint density at radius 2 is 0.308 bits per heavy atom. The minimum absolute atomic E-state index is 0.759. The molecule has 0 saturated heterocycles. The maximum atomic E-state index is 5.12. The monoisotopic (exact) mass is 1000 g/mol. The molecule has 6 N–H and O–H groups in total. The Balaban J connectivity index is 0.959. The first-order valence-corrected chi connectivity index (χ1v) is 25.8. The largest absolute Gasteiger partial charge is 0.338 e. The zero-order valence-electron chi connectivity index (χ0n) is 41.5. The van der Waals surface area contributed by atoms with E-state index in [-0.39, 0.29) is 0 Å². The molecular formula is C66H42N12. The summed E-state index contributed by atoms with van der Waals surface area (Å²) in [6.07, 6.45) is 0. The van der Waals surface area contributed by atoms with Crippen molar-refractivity contribution in [2.45, 2.75) is 0 Å². The molecule has 0 aliphatic heterocycles. The van der Waals surface area contributed by atoms with E-state index in [1.165, 1.54) is 0 Å². The predicted molar refractivity (Wildman–Crippen MR) is 313 cm³/mol. The van der Waals surface area contributed by atoms with Crippen LogP contribution in [0.4, 0.5) is 0 Å². The van der Waals surface area contributed by atoms with Crippen molar-refractivity contribution in [3.63, 3.8) is 0 Å². The highest BCUT2D eigenvalue weighted by atomic mass is 15.0. The SMILES string of the molecule is c1ccc2[nH]c(-c3cc(-c4cc(-c5cc(-c6nc7ccccc7[nH]6)cc(-c6nc7ccccc7[nH]6)c5)cc(-c5cc(-c6nc7ccccc7[nH]6)cc(-c6nc7ccccc7[nH]6)c5)c4)cc(-c4nc5ccccc5[nH]4)c3)nc2c1. The molecule has 0 amide bonds.